The van der Waals surface area contributed by atoms with E-state index in [1.54, 1.807) is 0 Å². The smallest absolute Gasteiger partial charge is 0.160 e. The van der Waals surface area contributed by atoms with E-state index in [4.69, 9.17) is 9.97 Å². The van der Waals surface area contributed by atoms with E-state index in [-0.39, 0.29) is 0 Å². The number of hydrogen-bond donors (Lipinski definition) is 0. The van der Waals surface area contributed by atoms with Crippen molar-refractivity contribution in [1.82, 2.24) is 15.0 Å². The summed E-state index contributed by atoms with van der Waals surface area (Å²) in [6.45, 7) is 2.02. The van der Waals surface area contributed by atoms with E-state index in [2.05, 4.69) is 145 Å². The van der Waals surface area contributed by atoms with Gasteiger partial charge in [0.2, 0.25) is 0 Å². The summed E-state index contributed by atoms with van der Waals surface area (Å²) in [4.78, 5) is 15.0. The molecule has 0 bridgehead atoms. The van der Waals surface area contributed by atoms with Gasteiger partial charge in [0, 0.05) is 34.1 Å². The maximum atomic E-state index is 5.19. The third-order valence-corrected chi connectivity index (χ3v) is 9.12. The molecule has 0 amide bonds. The number of hydrogen-bond acceptors (Lipinski definition) is 3. The molecule has 0 aliphatic rings. The summed E-state index contributed by atoms with van der Waals surface area (Å²) in [5.41, 5.74) is 10.3. The van der Waals surface area contributed by atoms with Crippen LogP contribution in [0.4, 0.5) is 0 Å². The van der Waals surface area contributed by atoms with Gasteiger partial charge in [-0.2, -0.15) is 0 Å². The summed E-state index contributed by atoms with van der Waals surface area (Å²) in [6.07, 6.45) is 1.96. The molecule has 0 spiro atoms. The van der Waals surface area contributed by atoms with Gasteiger partial charge in [0.25, 0.3) is 0 Å². The summed E-state index contributed by atoms with van der Waals surface area (Å²) in [5, 5.41) is 7.60. The molecule has 0 atom stereocenters. The number of benzene rings is 7. The Morgan fingerprint density at radius 3 is 1.70 bits per heavy atom. The molecule has 220 valence electrons. The van der Waals surface area contributed by atoms with E-state index in [1.807, 2.05) is 25.3 Å². The Balaban J connectivity index is 1.33. The molecule has 9 aromatic rings. The van der Waals surface area contributed by atoms with Gasteiger partial charge in [0.05, 0.1) is 11.4 Å². The molecular formula is C44H29N3. The van der Waals surface area contributed by atoms with Gasteiger partial charge in [-0.3, -0.25) is 4.98 Å². The quantitative estimate of drug-likeness (QED) is 0.185. The summed E-state index contributed by atoms with van der Waals surface area (Å²) in [7, 11) is 0. The molecule has 7 aromatic carbocycles. The monoisotopic (exact) mass is 599 g/mol. The molecule has 3 heteroatoms. The molecule has 3 nitrogen and oxygen atoms in total. The molecule has 2 aromatic heterocycles. The molecule has 0 fully saturated rings. The average molecular weight is 600 g/mol. The van der Waals surface area contributed by atoms with Crippen LogP contribution in [0.3, 0.4) is 0 Å². The van der Waals surface area contributed by atoms with Crippen molar-refractivity contribution in [1.29, 1.82) is 0 Å². The summed E-state index contributed by atoms with van der Waals surface area (Å²) in [5.74, 6) is 0.686. The first-order valence-electron chi connectivity index (χ1n) is 15.9. The maximum Gasteiger partial charge on any atom is 0.160 e. The highest BCUT2D eigenvalue weighted by atomic mass is 14.9. The van der Waals surface area contributed by atoms with Gasteiger partial charge in [-0.15, -0.1) is 0 Å². The average Bonchev–Trinajstić information content (AvgIpc) is 3.14. The van der Waals surface area contributed by atoms with Crippen LogP contribution in [0.5, 0.6) is 0 Å². The fraction of sp³-hybridized carbons (Fsp3) is 0.0227. The largest absolute Gasteiger partial charge is 0.261 e. The highest BCUT2D eigenvalue weighted by Crippen LogP contribution is 2.42. The van der Waals surface area contributed by atoms with E-state index in [1.165, 1.54) is 37.9 Å². The minimum absolute atomic E-state index is 0.686. The Morgan fingerprint density at radius 1 is 0.404 bits per heavy atom. The molecule has 0 N–H and O–H groups in total. The zero-order chi connectivity index (χ0) is 31.3. The van der Waals surface area contributed by atoms with E-state index >= 15 is 0 Å². The Morgan fingerprint density at radius 2 is 1.02 bits per heavy atom. The Hall–Kier alpha value is -6.19. The van der Waals surface area contributed by atoms with Crippen molar-refractivity contribution in [2.45, 2.75) is 6.92 Å². The van der Waals surface area contributed by atoms with Crippen LogP contribution in [0.1, 0.15) is 5.69 Å². The van der Waals surface area contributed by atoms with E-state index in [0.29, 0.717) is 5.82 Å². The van der Waals surface area contributed by atoms with E-state index in [9.17, 15) is 0 Å². The maximum absolute atomic E-state index is 5.19. The van der Waals surface area contributed by atoms with Crippen molar-refractivity contribution >= 4 is 32.3 Å². The van der Waals surface area contributed by atoms with Crippen LogP contribution < -0.4 is 0 Å². The second kappa shape index (κ2) is 11.0. The minimum Gasteiger partial charge on any atom is -0.261 e. The van der Waals surface area contributed by atoms with Crippen LogP contribution >= 0.6 is 0 Å². The van der Waals surface area contributed by atoms with Crippen molar-refractivity contribution in [2.75, 3.05) is 0 Å². The van der Waals surface area contributed by atoms with Crippen molar-refractivity contribution in [3.63, 3.8) is 0 Å². The predicted octanol–water partition coefficient (Wildman–Crippen LogP) is 11.4. The fourth-order valence-electron chi connectivity index (χ4n) is 6.81. The van der Waals surface area contributed by atoms with Gasteiger partial charge in [-0.25, -0.2) is 9.97 Å². The van der Waals surface area contributed by atoms with Crippen molar-refractivity contribution in [2.24, 2.45) is 0 Å². The lowest BCUT2D eigenvalue weighted by atomic mass is 9.87. The van der Waals surface area contributed by atoms with Gasteiger partial charge in [-0.1, -0.05) is 115 Å². The third-order valence-electron chi connectivity index (χ3n) is 9.12. The molecule has 0 radical (unpaired) electrons. The second-order valence-corrected chi connectivity index (χ2v) is 12.2. The van der Waals surface area contributed by atoms with Crippen LogP contribution in [0.2, 0.25) is 0 Å². The molecule has 0 saturated heterocycles. The third kappa shape index (κ3) is 4.81. The van der Waals surface area contributed by atoms with Crippen LogP contribution in [-0.2, 0) is 0 Å². The molecular weight excluding hydrogens is 571 g/mol. The highest BCUT2D eigenvalue weighted by Gasteiger charge is 2.17. The van der Waals surface area contributed by atoms with Crippen LogP contribution in [0, 0.1) is 6.92 Å². The molecule has 2 heterocycles. The minimum atomic E-state index is 0.686. The normalized spacial score (nSPS) is 11.5. The number of pyridine rings is 1. The van der Waals surface area contributed by atoms with Gasteiger partial charge in [-0.05, 0) is 92.3 Å². The second-order valence-electron chi connectivity index (χ2n) is 12.2. The number of rotatable bonds is 5. The van der Waals surface area contributed by atoms with Gasteiger partial charge in [0.1, 0.15) is 0 Å². The van der Waals surface area contributed by atoms with E-state index in [0.717, 1.165) is 50.5 Å². The summed E-state index contributed by atoms with van der Waals surface area (Å²) < 4.78 is 0. The van der Waals surface area contributed by atoms with E-state index < -0.39 is 0 Å². The standard InChI is InChI=1S/C44H29N3/c1-28-18-19-34(27-45-28)35-22-36(39-25-33-16-8-14-31-20-21-32-15-9-17-38(39)43(32)42(31)33)24-37(23-35)44-46-40(29-10-4-2-5-11-29)26-41(47-44)30-12-6-3-7-13-30/h2-27H,1H3. The molecule has 47 heavy (non-hydrogen) atoms. The van der Waals surface area contributed by atoms with Crippen molar-refractivity contribution in [3.05, 3.63) is 164 Å². The lowest BCUT2D eigenvalue weighted by Crippen LogP contribution is -1.97. The van der Waals surface area contributed by atoms with Crippen molar-refractivity contribution < 1.29 is 0 Å². The lowest BCUT2D eigenvalue weighted by molar-refractivity contribution is 1.18. The zero-order valence-electron chi connectivity index (χ0n) is 25.9. The predicted molar refractivity (Wildman–Crippen MR) is 195 cm³/mol. The summed E-state index contributed by atoms with van der Waals surface area (Å²) in [6, 6.07) is 53.8. The molecule has 0 saturated carbocycles. The number of nitrogens with zero attached hydrogens (tertiary/aromatic N) is 3. The van der Waals surface area contributed by atoms with Gasteiger partial charge >= 0.3 is 0 Å². The number of aryl methyl sites for hydroxylation is 1. The van der Waals surface area contributed by atoms with Crippen LogP contribution in [0.15, 0.2) is 158 Å². The number of aromatic nitrogens is 3. The zero-order valence-corrected chi connectivity index (χ0v) is 25.9. The fourth-order valence-corrected chi connectivity index (χ4v) is 6.81. The first-order chi connectivity index (χ1) is 23.2. The lowest BCUT2D eigenvalue weighted by Gasteiger charge is -2.17. The Bertz CT molecular complexity index is 2500. The first-order valence-corrected chi connectivity index (χ1v) is 15.9. The first kappa shape index (κ1) is 27.1. The Kier molecular flexibility index (Phi) is 6.36. The van der Waals surface area contributed by atoms with Crippen LogP contribution in [-0.4, -0.2) is 15.0 Å². The highest BCUT2D eigenvalue weighted by molar-refractivity contribution is 6.26. The van der Waals surface area contributed by atoms with Gasteiger partial charge < -0.3 is 0 Å². The molecule has 0 aliphatic heterocycles. The molecule has 0 unspecified atom stereocenters. The topological polar surface area (TPSA) is 38.7 Å². The van der Waals surface area contributed by atoms with Crippen LogP contribution in [0.25, 0.3) is 88.5 Å². The molecule has 9 rings (SSSR count). The SMILES string of the molecule is Cc1ccc(-c2cc(-c3nc(-c4ccccc4)cc(-c4ccccc4)n3)cc(-c3cc4cccc5ccc6cccc3c6c54)c2)cn1. The summed E-state index contributed by atoms with van der Waals surface area (Å²) >= 11 is 0. The van der Waals surface area contributed by atoms with Crippen molar-refractivity contribution in [3.8, 4) is 56.2 Å². The Labute approximate surface area is 273 Å². The van der Waals surface area contributed by atoms with Gasteiger partial charge in [0.15, 0.2) is 5.82 Å². The molecule has 0 aliphatic carbocycles.